The molecule has 122 valence electrons. The molecular weight excluding hydrogens is 280 g/mol. The van der Waals surface area contributed by atoms with Gasteiger partial charge in [0.25, 0.3) is 0 Å². The van der Waals surface area contributed by atoms with Crippen LogP contribution in [0.3, 0.4) is 0 Å². The lowest BCUT2D eigenvalue weighted by Crippen LogP contribution is -2.40. The van der Waals surface area contributed by atoms with E-state index in [2.05, 4.69) is 10.6 Å². The van der Waals surface area contributed by atoms with Gasteiger partial charge >= 0.3 is 0 Å². The molecule has 2 N–H and O–H groups in total. The second-order valence-corrected chi connectivity index (χ2v) is 6.08. The molecule has 22 heavy (non-hydrogen) atoms. The predicted molar refractivity (Wildman–Crippen MR) is 87.9 cm³/mol. The van der Waals surface area contributed by atoms with E-state index in [1.807, 2.05) is 39.0 Å². The van der Waals surface area contributed by atoms with Gasteiger partial charge in [-0.1, -0.05) is 0 Å². The van der Waals surface area contributed by atoms with E-state index in [0.717, 1.165) is 44.2 Å². The first-order valence-corrected chi connectivity index (χ1v) is 7.90. The molecule has 1 aliphatic heterocycles. The van der Waals surface area contributed by atoms with E-state index in [4.69, 9.17) is 9.47 Å². The minimum absolute atomic E-state index is 0.0887. The molecule has 0 saturated heterocycles. The first-order chi connectivity index (χ1) is 10.5. The zero-order valence-electron chi connectivity index (χ0n) is 13.7. The van der Waals surface area contributed by atoms with Crippen LogP contribution < -0.4 is 15.4 Å². The molecule has 0 atom stereocenters. The van der Waals surface area contributed by atoms with Crippen LogP contribution in [0.25, 0.3) is 0 Å². The van der Waals surface area contributed by atoms with Crippen molar-refractivity contribution in [3.05, 3.63) is 23.8 Å². The Bertz CT molecular complexity index is 515. The maximum atomic E-state index is 12.2. The highest BCUT2D eigenvalue weighted by molar-refractivity contribution is 5.98. The minimum Gasteiger partial charge on any atom is -0.484 e. The second-order valence-electron chi connectivity index (χ2n) is 6.08. The fourth-order valence-electron chi connectivity index (χ4n) is 2.32. The number of carbonyl (C=O) groups is 1. The van der Waals surface area contributed by atoms with Crippen molar-refractivity contribution in [1.29, 1.82) is 0 Å². The summed E-state index contributed by atoms with van der Waals surface area (Å²) < 4.78 is 11.1. The molecule has 5 heteroatoms. The van der Waals surface area contributed by atoms with Gasteiger partial charge in [0.05, 0.1) is 18.8 Å². The largest absolute Gasteiger partial charge is 0.484 e. The average molecular weight is 306 g/mol. The van der Waals surface area contributed by atoms with E-state index in [9.17, 15) is 4.79 Å². The Morgan fingerprint density at radius 3 is 3.05 bits per heavy atom. The number of nitrogens with one attached hydrogen (secondary N) is 2. The Labute approximate surface area is 132 Å². The van der Waals surface area contributed by atoms with Crippen molar-refractivity contribution < 1.29 is 14.3 Å². The SMILES string of the molecule is CCOCCCNCC(=O)c1ccc2c(c1)NCC(C)(C)O2. The molecule has 1 aromatic carbocycles. The molecule has 0 fully saturated rings. The van der Waals surface area contributed by atoms with Crippen molar-refractivity contribution in [2.45, 2.75) is 32.8 Å². The van der Waals surface area contributed by atoms with E-state index >= 15 is 0 Å². The van der Waals surface area contributed by atoms with Crippen LogP contribution in [0.2, 0.25) is 0 Å². The van der Waals surface area contributed by atoms with E-state index in [1.54, 1.807) is 0 Å². The van der Waals surface area contributed by atoms with Crippen LogP contribution in [-0.2, 0) is 4.74 Å². The molecule has 0 unspecified atom stereocenters. The molecule has 0 saturated carbocycles. The smallest absolute Gasteiger partial charge is 0.176 e. The van der Waals surface area contributed by atoms with Gasteiger partial charge < -0.3 is 20.1 Å². The monoisotopic (exact) mass is 306 g/mol. The maximum absolute atomic E-state index is 12.2. The van der Waals surface area contributed by atoms with Crippen molar-refractivity contribution in [3.8, 4) is 5.75 Å². The summed E-state index contributed by atoms with van der Waals surface area (Å²) in [5.41, 5.74) is 1.37. The van der Waals surface area contributed by atoms with Crippen molar-refractivity contribution in [3.63, 3.8) is 0 Å². The summed E-state index contributed by atoms with van der Waals surface area (Å²) in [6, 6.07) is 5.56. The number of hydrogen-bond donors (Lipinski definition) is 2. The van der Waals surface area contributed by atoms with E-state index in [-0.39, 0.29) is 11.4 Å². The minimum atomic E-state index is -0.222. The molecule has 1 aromatic rings. The first-order valence-electron chi connectivity index (χ1n) is 7.90. The molecule has 0 bridgehead atoms. The molecule has 0 aromatic heterocycles. The standard InChI is InChI=1S/C17H26N2O3/c1-4-21-9-5-8-18-11-15(20)13-6-7-16-14(10-13)19-12-17(2,3)22-16/h6-7,10,18-19H,4-5,8-9,11-12H2,1-3H3. The number of ketones is 1. The zero-order chi connectivity index (χ0) is 16.0. The molecular formula is C17H26N2O3. The zero-order valence-corrected chi connectivity index (χ0v) is 13.7. The lowest BCUT2D eigenvalue weighted by Gasteiger charge is -2.33. The summed E-state index contributed by atoms with van der Waals surface area (Å²) in [5.74, 6) is 0.892. The number of anilines is 1. The summed E-state index contributed by atoms with van der Waals surface area (Å²) in [5, 5.41) is 6.48. The summed E-state index contributed by atoms with van der Waals surface area (Å²) in [7, 11) is 0. The quantitative estimate of drug-likeness (QED) is 0.571. The highest BCUT2D eigenvalue weighted by atomic mass is 16.5. The van der Waals surface area contributed by atoms with Crippen LogP contribution in [0.15, 0.2) is 18.2 Å². The van der Waals surface area contributed by atoms with Crippen molar-refractivity contribution >= 4 is 11.5 Å². The van der Waals surface area contributed by atoms with Crippen molar-refractivity contribution in [2.75, 3.05) is 38.2 Å². The molecule has 1 aliphatic rings. The topological polar surface area (TPSA) is 59.6 Å². The van der Waals surface area contributed by atoms with Gasteiger partial charge in [-0.3, -0.25) is 4.79 Å². The Balaban J connectivity index is 1.84. The Morgan fingerprint density at radius 2 is 2.27 bits per heavy atom. The molecule has 0 amide bonds. The molecule has 0 radical (unpaired) electrons. The van der Waals surface area contributed by atoms with Gasteiger partial charge in [0.15, 0.2) is 5.78 Å². The van der Waals surface area contributed by atoms with Crippen molar-refractivity contribution in [2.24, 2.45) is 0 Å². The number of ether oxygens (including phenoxy) is 2. The van der Waals surface area contributed by atoms with Crippen LogP contribution in [0.1, 0.15) is 37.6 Å². The Hall–Kier alpha value is -1.59. The normalized spacial score (nSPS) is 15.6. The Kier molecular flexibility index (Phi) is 5.80. The van der Waals surface area contributed by atoms with E-state index in [1.165, 1.54) is 0 Å². The van der Waals surface area contributed by atoms with Gasteiger partial charge in [-0.25, -0.2) is 0 Å². The lowest BCUT2D eigenvalue weighted by molar-refractivity contribution is 0.0987. The summed E-state index contributed by atoms with van der Waals surface area (Å²) >= 11 is 0. The van der Waals surface area contributed by atoms with E-state index < -0.39 is 0 Å². The van der Waals surface area contributed by atoms with Gasteiger partial charge in [-0.05, 0) is 51.9 Å². The number of hydrogen-bond acceptors (Lipinski definition) is 5. The van der Waals surface area contributed by atoms with Crippen LogP contribution in [0, 0.1) is 0 Å². The van der Waals surface area contributed by atoms with Crippen LogP contribution in [-0.4, -0.2) is 44.2 Å². The van der Waals surface area contributed by atoms with Gasteiger partial charge in [0.2, 0.25) is 0 Å². The lowest BCUT2D eigenvalue weighted by atomic mass is 10.0. The molecule has 1 heterocycles. The average Bonchev–Trinajstić information content (AvgIpc) is 2.49. The Morgan fingerprint density at radius 1 is 1.45 bits per heavy atom. The van der Waals surface area contributed by atoms with Crippen LogP contribution in [0.5, 0.6) is 5.75 Å². The third-order valence-corrected chi connectivity index (χ3v) is 3.52. The van der Waals surface area contributed by atoms with Gasteiger partial charge in [-0.2, -0.15) is 0 Å². The highest BCUT2D eigenvalue weighted by Gasteiger charge is 2.26. The summed E-state index contributed by atoms with van der Waals surface area (Å²) in [6.07, 6.45) is 0.912. The predicted octanol–water partition coefficient (Wildman–Crippen LogP) is 2.47. The number of rotatable bonds is 8. The molecule has 2 rings (SSSR count). The number of carbonyl (C=O) groups excluding carboxylic acids is 1. The van der Waals surface area contributed by atoms with E-state index in [0.29, 0.717) is 12.1 Å². The summed E-state index contributed by atoms with van der Waals surface area (Å²) in [4.78, 5) is 12.2. The van der Waals surface area contributed by atoms with Crippen LogP contribution >= 0.6 is 0 Å². The summed E-state index contributed by atoms with van der Waals surface area (Å²) in [6.45, 7) is 9.37. The third kappa shape index (κ3) is 4.71. The third-order valence-electron chi connectivity index (χ3n) is 3.52. The fraction of sp³-hybridized carbons (Fsp3) is 0.588. The van der Waals surface area contributed by atoms with Crippen LogP contribution in [0.4, 0.5) is 5.69 Å². The molecule has 0 aliphatic carbocycles. The fourth-order valence-corrected chi connectivity index (χ4v) is 2.32. The number of fused-ring (bicyclic) bond motifs is 1. The van der Waals surface area contributed by atoms with Gasteiger partial charge in [0, 0.05) is 18.8 Å². The highest BCUT2D eigenvalue weighted by Crippen LogP contribution is 2.33. The van der Waals surface area contributed by atoms with Crippen molar-refractivity contribution in [1.82, 2.24) is 5.32 Å². The number of benzene rings is 1. The maximum Gasteiger partial charge on any atom is 0.176 e. The van der Waals surface area contributed by atoms with Gasteiger partial charge in [0.1, 0.15) is 11.4 Å². The second kappa shape index (κ2) is 7.61. The van der Waals surface area contributed by atoms with Gasteiger partial charge in [-0.15, -0.1) is 0 Å². The molecule has 0 spiro atoms. The number of Topliss-reactive ketones (excluding diaryl/α,β-unsaturated/α-hetero) is 1. The molecule has 5 nitrogen and oxygen atoms in total. The first kappa shape index (κ1) is 16.8.